The summed E-state index contributed by atoms with van der Waals surface area (Å²) >= 11 is 0. The molecule has 1 aliphatic carbocycles. The summed E-state index contributed by atoms with van der Waals surface area (Å²) in [4.78, 5) is 22.9. The first kappa shape index (κ1) is 17.2. The van der Waals surface area contributed by atoms with Crippen molar-refractivity contribution < 1.29 is 9.59 Å². The summed E-state index contributed by atoms with van der Waals surface area (Å²) in [5, 5.41) is 10.5. The number of nitrogens with zero attached hydrogens (tertiary/aromatic N) is 1. The molecule has 2 amide bonds. The van der Waals surface area contributed by atoms with E-state index in [1.54, 1.807) is 0 Å². The van der Waals surface area contributed by atoms with Crippen LogP contribution in [0.15, 0.2) is 36.4 Å². The Bertz CT molecular complexity index is 750. The van der Waals surface area contributed by atoms with E-state index < -0.39 is 0 Å². The molecule has 6 heteroatoms. The highest BCUT2D eigenvalue weighted by molar-refractivity contribution is 5.78. The molecule has 3 rings (SSSR count). The third kappa shape index (κ3) is 3.73. The van der Waals surface area contributed by atoms with Gasteiger partial charge < -0.3 is 11.1 Å². The van der Waals surface area contributed by atoms with E-state index in [0.29, 0.717) is 5.92 Å². The van der Waals surface area contributed by atoms with Gasteiger partial charge in [-0.25, -0.2) is 0 Å². The lowest BCUT2D eigenvalue weighted by molar-refractivity contribution is -0.122. The minimum Gasteiger partial charge on any atom is -0.369 e. The van der Waals surface area contributed by atoms with Gasteiger partial charge in [0.05, 0.1) is 5.69 Å². The van der Waals surface area contributed by atoms with Crippen molar-refractivity contribution in [3.8, 4) is 0 Å². The maximum absolute atomic E-state index is 11.8. The van der Waals surface area contributed by atoms with Crippen molar-refractivity contribution in [1.29, 1.82) is 0 Å². The fraction of sp³-hybridized carbons (Fsp3) is 0.421. The first-order chi connectivity index (χ1) is 12.0. The van der Waals surface area contributed by atoms with E-state index in [9.17, 15) is 9.59 Å². The average molecular weight is 340 g/mol. The number of carbonyl (C=O) groups excluding carboxylic acids is 2. The number of aromatic amines is 1. The quantitative estimate of drug-likeness (QED) is 0.750. The van der Waals surface area contributed by atoms with Crippen molar-refractivity contribution >= 4 is 11.8 Å². The molecule has 25 heavy (non-hydrogen) atoms. The third-order valence-electron chi connectivity index (χ3n) is 5.03. The zero-order valence-electron chi connectivity index (χ0n) is 14.5. The topological polar surface area (TPSA) is 101 Å². The Hall–Kier alpha value is -2.63. The van der Waals surface area contributed by atoms with Crippen molar-refractivity contribution in [3.05, 3.63) is 53.3 Å². The zero-order valence-corrected chi connectivity index (χ0v) is 14.5. The molecular weight excluding hydrogens is 316 g/mol. The van der Waals surface area contributed by atoms with E-state index in [1.807, 2.05) is 43.3 Å². The molecule has 0 radical (unpaired) electrons. The van der Waals surface area contributed by atoms with Gasteiger partial charge in [-0.3, -0.25) is 14.7 Å². The monoisotopic (exact) mass is 340 g/mol. The summed E-state index contributed by atoms with van der Waals surface area (Å²) in [5.41, 5.74) is 8.47. The molecule has 1 aliphatic rings. The van der Waals surface area contributed by atoms with Gasteiger partial charge in [0.25, 0.3) is 0 Å². The highest BCUT2D eigenvalue weighted by atomic mass is 16.1. The van der Waals surface area contributed by atoms with Crippen molar-refractivity contribution in [2.45, 2.75) is 44.6 Å². The van der Waals surface area contributed by atoms with Crippen LogP contribution in [0.5, 0.6) is 0 Å². The summed E-state index contributed by atoms with van der Waals surface area (Å²) in [7, 11) is 0. The smallest absolute Gasteiger partial charge is 0.221 e. The molecule has 2 atom stereocenters. The predicted octanol–water partition coefficient (Wildman–Crippen LogP) is 2.05. The number of amides is 2. The van der Waals surface area contributed by atoms with Crippen LogP contribution in [0.2, 0.25) is 0 Å². The molecule has 1 aromatic carbocycles. The molecule has 2 aromatic rings. The molecule has 2 unspecified atom stereocenters. The molecular formula is C19H24N4O2. The fourth-order valence-electron chi connectivity index (χ4n) is 3.54. The van der Waals surface area contributed by atoms with E-state index >= 15 is 0 Å². The highest BCUT2D eigenvalue weighted by Crippen LogP contribution is 2.38. The first-order valence-electron chi connectivity index (χ1n) is 8.62. The summed E-state index contributed by atoms with van der Waals surface area (Å²) in [6.07, 6.45) is 1.81. The Morgan fingerprint density at radius 3 is 2.56 bits per heavy atom. The Kier molecular flexibility index (Phi) is 4.88. The molecule has 132 valence electrons. The van der Waals surface area contributed by atoms with E-state index in [-0.39, 0.29) is 29.7 Å². The normalized spacial score (nSPS) is 21.8. The Labute approximate surface area is 147 Å². The minimum atomic E-state index is -0.355. The average Bonchev–Trinajstić information content (AvgIpc) is 3.00. The zero-order chi connectivity index (χ0) is 18.0. The number of hydrogen-bond donors (Lipinski definition) is 3. The van der Waals surface area contributed by atoms with Crippen LogP contribution in [0, 0.1) is 5.92 Å². The first-order valence-corrected chi connectivity index (χ1v) is 8.62. The summed E-state index contributed by atoms with van der Waals surface area (Å²) < 4.78 is 0. The number of benzene rings is 1. The van der Waals surface area contributed by atoms with Gasteiger partial charge in [0.2, 0.25) is 11.8 Å². The molecule has 0 aliphatic heterocycles. The Morgan fingerprint density at radius 2 is 1.96 bits per heavy atom. The van der Waals surface area contributed by atoms with E-state index in [4.69, 9.17) is 5.73 Å². The Morgan fingerprint density at radius 1 is 1.28 bits per heavy atom. The number of rotatable bonds is 6. The van der Waals surface area contributed by atoms with Gasteiger partial charge in [-0.15, -0.1) is 0 Å². The largest absolute Gasteiger partial charge is 0.369 e. The lowest BCUT2D eigenvalue weighted by Crippen LogP contribution is -2.42. The van der Waals surface area contributed by atoms with Crippen LogP contribution < -0.4 is 11.1 Å². The van der Waals surface area contributed by atoms with Crippen LogP contribution in [0.1, 0.15) is 55.5 Å². The standard InChI is InChI=1S/C19H24N4O2/c1-11(19(20)25)18(13-6-4-3-5-7-13)17-10-16(22-23-17)14-8-15(9-14)21-12(2)24/h3-7,10-11,14-15,18H,8-9H2,1-2H3,(H2,20,25)(H,21,24)(H,22,23). The van der Waals surface area contributed by atoms with Gasteiger partial charge in [-0.2, -0.15) is 5.10 Å². The number of hydrogen-bond acceptors (Lipinski definition) is 3. The molecule has 0 spiro atoms. The van der Waals surface area contributed by atoms with Crippen LogP contribution in [-0.2, 0) is 9.59 Å². The van der Waals surface area contributed by atoms with Gasteiger partial charge >= 0.3 is 0 Å². The van der Waals surface area contributed by atoms with Crippen molar-refractivity contribution in [1.82, 2.24) is 15.5 Å². The molecule has 4 N–H and O–H groups in total. The summed E-state index contributed by atoms with van der Waals surface area (Å²) in [6, 6.07) is 12.1. The van der Waals surface area contributed by atoms with E-state index in [1.165, 1.54) is 6.92 Å². The molecule has 1 fully saturated rings. The number of nitrogens with one attached hydrogen (secondary N) is 2. The maximum Gasteiger partial charge on any atom is 0.221 e. The van der Waals surface area contributed by atoms with Gasteiger partial charge in [0, 0.05) is 36.4 Å². The van der Waals surface area contributed by atoms with Crippen LogP contribution in [0.3, 0.4) is 0 Å². The minimum absolute atomic E-state index is 0.00757. The van der Waals surface area contributed by atoms with Crippen LogP contribution >= 0.6 is 0 Å². The Balaban J connectivity index is 1.78. The van der Waals surface area contributed by atoms with E-state index in [0.717, 1.165) is 29.8 Å². The second-order valence-corrected chi connectivity index (χ2v) is 6.89. The molecule has 1 aromatic heterocycles. The van der Waals surface area contributed by atoms with Gasteiger partial charge in [-0.1, -0.05) is 37.3 Å². The predicted molar refractivity (Wildman–Crippen MR) is 94.8 cm³/mol. The molecule has 1 saturated carbocycles. The maximum atomic E-state index is 11.8. The number of primary amides is 1. The summed E-state index contributed by atoms with van der Waals surface area (Å²) in [5.74, 6) is -0.499. The SMILES string of the molecule is CC(=O)NC1CC(c2cc(C(c3ccccc3)C(C)C(N)=O)n[nH]2)C1. The lowest BCUT2D eigenvalue weighted by atomic mass is 9.77. The van der Waals surface area contributed by atoms with Gasteiger partial charge in [0.15, 0.2) is 0 Å². The fourth-order valence-corrected chi connectivity index (χ4v) is 3.54. The van der Waals surface area contributed by atoms with Gasteiger partial charge in [0.1, 0.15) is 0 Å². The third-order valence-corrected chi connectivity index (χ3v) is 5.03. The van der Waals surface area contributed by atoms with Crippen molar-refractivity contribution in [2.75, 3.05) is 0 Å². The molecule has 6 nitrogen and oxygen atoms in total. The molecule has 0 bridgehead atoms. The number of nitrogens with two attached hydrogens (primary N) is 1. The second-order valence-electron chi connectivity index (χ2n) is 6.89. The van der Waals surface area contributed by atoms with E-state index in [2.05, 4.69) is 15.5 Å². The lowest BCUT2D eigenvalue weighted by Gasteiger charge is -2.34. The van der Waals surface area contributed by atoms with Crippen LogP contribution in [0.25, 0.3) is 0 Å². The highest BCUT2D eigenvalue weighted by Gasteiger charge is 2.34. The van der Waals surface area contributed by atoms with Gasteiger partial charge in [-0.05, 0) is 24.5 Å². The van der Waals surface area contributed by atoms with Crippen LogP contribution in [0.4, 0.5) is 0 Å². The second kappa shape index (κ2) is 7.09. The number of H-pyrrole nitrogens is 1. The number of carbonyl (C=O) groups is 2. The van der Waals surface area contributed by atoms with Crippen LogP contribution in [-0.4, -0.2) is 28.1 Å². The molecule has 1 heterocycles. The van der Waals surface area contributed by atoms with Crippen molar-refractivity contribution in [3.63, 3.8) is 0 Å². The van der Waals surface area contributed by atoms with Crippen molar-refractivity contribution in [2.24, 2.45) is 11.7 Å². The number of aromatic nitrogens is 2. The summed E-state index contributed by atoms with van der Waals surface area (Å²) in [6.45, 7) is 3.38. The molecule has 0 saturated heterocycles.